The van der Waals surface area contributed by atoms with Gasteiger partial charge in [0.15, 0.2) is 5.76 Å². The van der Waals surface area contributed by atoms with Crippen LogP contribution >= 0.6 is 0 Å². The van der Waals surface area contributed by atoms with Gasteiger partial charge < -0.3 is 4.52 Å². The summed E-state index contributed by atoms with van der Waals surface area (Å²) in [6.07, 6.45) is -3.75. The van der Waals surface area contributed by atoms with Crippen LogP contribution in [-0.4, -0.2) is 11.3 Å². The molecular formula is C9H12F3NO. The van der Waals surface area contributed by atoms with Crippen molar-refractivity contribution in [3.63, 3.8) is 0 Å². The molecule has 5 heteroatoms. The SMILES string of the molecule is CCc1cc(C(C)(C)C(F)(F)F)on1. The third kappa shape index (κ3) is 1.76. The van der Waals surface area contributed by atoms with Crippen molar-refractivity contribution < 1.29 is 17.7 Å². The van der Waals surface area contributed by atoms with E-state index < -0.39 is 11.6 Å². The molecule has 0 saturated heterocycles. The molecule has 1 heterocycles. The summed E-state index contributed by atoms with van der Waals surface area (Å²) >= 11 is 0. The normalized spacial score (nSPS) is 13.3. The molecule has 0 radical (unpaired) electrons. The summed E-state index contributed by atoms with van der Waals surface area (Å²) < 4.78 is 42.3. The Balaban J connectivity index is 3.04. The standard InChI is InChI=1S/C9H12F3NO/c1-4-6-5-7(14-13-6)8(2,3)9(10,11)12/h5H,4H2,1-3H3. The van der Waals surface area contributed by atoms with Gasteiger partial charge >= 0.3 is 6.18 Å². The van der Waals surface area contributed by atoms with Gasteiger partial charge in [-0.15, -0.1) is 0 Å². The van der Waals surface area contributed by atoms with Gasteiger partial charge in [0.25, 0.3) is 0 Å². The van der Waals surface area contributed by atoms with Crippen molar-refractivity contribution >= 4 is 0 Å². The zero-order chi connectivity index (χ0) is 11.0. The number of alkyl halides is 3. The Labute approximate surface area is 80.1 Å². The van der Waals surface area contributed by atoms with E-state index in [0.29, 0.717) is 12.1 Å². The lowest BCUT2D eigenvalue weighted by molar-refractivity contribution is -0.185. The van der Waals surface area contributed by atoms with Crippen LogP contribution in [-0.2, 0) is 11.8 Å². The third-order valence-electron chi connectivity index (χ3n) is 2.25. The van der Waals surface area contributed by atoms with Crippen molar-refractivity contribution in [2.45, 2.75) is 38.8 Å². The summed E-state index contributed by atoms with van der Waals surface area (Å²) in [5.41, 5.74) is -1.44. The van der Waals surface area contributed by atoms with Crippen molar-refractivity contribution in [3.8, 4) is 0 Å². The number of nitrogens with zero attached hydrogens (tertiary/aromatic N) is 1. The van der Waals surface area contributed by atoms with Crippen molar-refractivity contribution in [2.75, 3.05) is 0 Å². The van der Waals surface area contributed by atoms with Gasteiger partial charge in [-0.1, -0.05) is 12.1 Å². The molecule has 0 aliphatic heterocycles. The second-order valence-electron chi connectivity index (χ2n) is 3.66. The lowest BCUT2D eigenvalue weighted by atomic mass is 9.89. The number of rotatable bonds is 2. The second kappa shape index (κ2) is 3.29. The Kier molecular flexibility index (Phi) is 2.61. The first kappa shape index (κ1) is 11.1. The van der Waals surface area contributed by atoms with Gasteiger partial charge in [-0.25, -0.2) is 0 Å². The first-order valence-electron chi connectivity index (χ1n) is 4.32. The molecule has 0 aliphatic carbocycles. The summed E-state index contributed by atoms with van der Waals surface area (Å²) in [4.78, 5) is 0. The predicted octanol–water partition coefficient (Wildman–Crippen LogP) is 3.08. The number of aromatic nitrogens is 1. The Morgan fingerprint density at radius 1 is 1.36 bits per heavy atom. The van der Waals surface area contributed by atoms with Crippen LogP contribution in [0.25, 0.3) is 0 Å². The number of hydrogen-bond donors (Lipinski definition) is 0. The van der Waals surface area contributed by atoms with E-state index in [1.807, 2.05) is 6.92 Å². The van der Waals surface area contributed by atoms with Gasteiger partial charge in [0.1, 0.15) is 5.41 Å². The van der Waals surface area contributed by atoms with E-state index in [2.05, 4.69) is 9.68 Å². The summed E-state index contributed by atoms with van der Waals surface area (Å²) in [6.45, 7) is 3.96. The highest BCUT2D eigenvalue weighted by atomic mass is 19.4. The summed E-state index contributed by atoms with van der Waals surface area (Å²) in [7, 11) is 0. The predicted molar refractivity (Wildman–Crippen MR) is 45.0 cm³/mol. The molecule has 1 aromatic rings. The minimum absolute atomic E-state index is 0.137. The quantitative estimate of drug-likeness (QED) is 0.744. The van der Waals surface area contributed by atoms with E-state index in [0.717, 1.165) is 13.8 Å². The van der Waals surface area contributed by atoms with Crippen LogP contribution in [0.1, 0.15) is 32.2 Å². The molecule has 1 rings (SSSR count). The fourth-order valence-electron chi connectivity index (χ4n) is 0.913. The highest BCUT2D eigenvalue weighted by molar-refractivity contribution is 5.16. The summed E-state index contributed by atoms with van der Waals surface area (Å²) in [5.74, 6) is -0.137. The van der Waals surface area contributed by atoms with Crippen molar-refractivity contribution in [1.82, 2.24) is 5.16 Å². The van der Waals surface area contributed by atoms with Crippen molar-refractivity contribution in [1.29, 1.82) is 0 Å². The average Bonchev–Trinajstić information content (AvgIpc) is 2.49. The molecule has 0 spiro atoms. The zero-order valence-corrected chi connectivity index (χ0v) is 8.27. The van der Waals surface area contributed by atoms with Crippen LogP contribution < -0.4 is 0 Å². The van der Waals surface area contributed by atoms with Crippen LogP contribution in [0.2, 0.25) is 0 Å². The van der Waals surface area contributed by atoms with Gasteiger partial charge in [-0.3, -0.25) is 0 Å². The highest BCUT2D eigenvalue weighted by Gasteiger charge is 2.51. The van der Waals surface area contributed by atoms with Gasteiger partial charge in [0.05, 0.1) is 5.69 Å². The fourth-order valence-corrected chi connectivity index (χ4v) is 0.913. The van der Waals surface area contributed by atoms with Gasteiger partial charge in [0.2, 0.25) is 0 Å². The molecule has 0 bridgehead atoms. The number of hydrogen-bond acceptors (Lipinski definition) is 2. The van der Waals surface area contributed by atoms with E-state index >= 15 is 0 Å². The molecule has 0 atom stereocenters. The van der Waals surface area contributed by atoms with Crippen LogP contribution in [0, 0.1) is 0 Å². The molecule has 0 aliphatic rings. The molecule has 0 amide bonds. The highest BCUT2D eigenvalue weighted by Crippen LogP contribution is 2.40. The Morgan fingerprint density at radius 3 is 2.29 bits per heavy atom. The molecule has 1 aromatic heterocycles. The molecule has 0 fully saturated rings. The van der Waals surface area contributed by atoms with E-state index in [-0.39, 0.29) is 5.76 Å². The minimum atomic E-state index is -4.32. The molecule has 0 N–H and O–H groups in total. The lowest BCUT2D eigenvalue weighted by Gasteiger charge is -2.24. The van der Waals surface area contributed by atoms with E-state index in [1.165, 1.54) is 6.07 Å². The fraction of sp³-hybridized carbons (Fsp3) is 0.667. The van der Waals surface area contributed by atoms with E-state index in [9.17, 15) is 13.2 Å². The van der Waals surface area contributed by atoms with Crippen molar-refractivity contribution in [3.05, 3.63) is 17.5 Å². The maximum atomic E-state index is 12.5. The van der Waals surface area contributed by atoms with Gasteiger partial charge in [0, 0.05) is 6.07 Å². The monoisotopic (exact) mass is 207 g/mol. The molecule has 0 aromatic carbocycles. The Hall–Kier alpha value is -1.00. The lowest BCUT2D eigenvalue weighted by Crippen LogP contribution is -2.35. The molecule has 80 valence electrons. The third-order valence-corrected chi connectivity index (χ3v) is 2.25. The van der Waals surface area contributed by atoms with Crippen LogP contribution in [0.15, 0.2) is 10.6 Å². The van der Waals surface area contributed by atoms with Crippen LogP contribution in [0.3, 0.4) is 0 Å². The largest absolute Gasteiger partial charge is 0.401 e. The minimum Gasteiger partial charge on any atom is -0.360 e. The number of aryl methyl sites for hydroxylation is 1. The van der Waals surface area contributed by atoms with E-state index in [4.69, 9.17) is 0 Å². The topological polar surface area (TPSA) is 26.0 Å². The number of halogens is 3. The van der Waals surface area contributed by atoms with Crippen LogP contribution in [0.4, 0.5) is 13.2 Å². The van der Waals surface area contributed by atoms with Crippen molar-refractivity contribution in [2.24, 2.45) is 0 Å². The molecular weight excluding hydrogens is 195 g/mol. The first-order chi connectivity index (χ1) is 6.29. The molecule has 0 saturated carbocycles. The molecule has 14 heavy (non-hydrogen) atoms. The Bertz CT molecular complexity index is 314. The zero-order valence-electron chi connectivity index (χ0n) is 8.27. The van der Waals surface area contributed by atoms with Gasteiger partial charge in [-0.05, 0) is 20.3 Å². The second-order valence-corrected chi connectivity index (χ2v) is 3.66. The summed E-state index contributed by atoms with van der Waals surface area (Å²) in [5, 5.41) is 3.54. The Morgan fingerprint density at radius 2 is 1.93 bits per heavy atom. The first-order valence-corrected chi connectivity index (χ1v) is 4.32. The molecule has 0 unspecified atom stereocenters. The van der Waals surface area contributed by atoms with Gasteiger partial charge in [-0.2, -0.15) is 13.2 Å². The summed E-state index contributed by atoms with van der Waals surface area (Å²) in [6, 6.07) is 1.35. The smallest absolute Gasteiger partial charge is 0.360 e. The maximum Gasteiger partial charge on any atom is 0.401 e. The van der Waals surface area contributed by atoms with E-state index in [1.54, 1.807) is 0 Å². The van der Waals surface area contributed by atoms with Crippen LogP contribution in [0.5, 0.6) is 0 Å². The average molecular weight is 207 g/mol. The molecule has 2 nitrogen and oxygen atoms in total. The maximum absolute atomic E-state index is 12.5.